The van der Waals surface area contributed by atoms with Crippen LogP contribution in [-0.4, -0.2) is 39.3 Å². The van der Waals surface area contributed by atoms with Gasteiger partial charge in [0.15, 0.2) is 6.10 Å². The highest BCUT2D eigenvalue weighted by molar-refractivity contribution is 5.84. The van der Waals surface area contributed by atoms with Crippen molar-refractivity contribution in [1.29, 1.82) is 0 Å². The molecule has 0 aromatic carbocycles. The number of aliphatic hydroxyl groups excluding tert-OH is 2. The average molecular weight is 364 g/mol. The molecule has 146 valence electrons. The lowest BCUT2D eigenvalue weighted by Crippen LogP contribution is -2.58. The Morgan fingerprint density at radius 2 is 1.85 bits per heavy atom. The highest BCUT2D eigenvalue weighted by Gasteiger charge is 2.64. The van der Waals surface area contributed by atoms with Gasteiger partial charge in [0.2, 0.25) is 0 Å². The van der Waals surface area contributed by atoms with Crippen molar-refractivity contribution in [3.63, 3.8) is 0 Å². The topological polar surface area (TPSA) is 94.8 Å². The van der Waals surface area contributed by atoms with Gasteiger partial charge in [0.05, 0.1) is 6.10 Å². The van der Waals surface area contributed by atoms with E-state index in [9.17, 15) is 24.9 Å². The molecule has 26 heavy (non-hydrogen) atoms. The Labute approximate surface area is 155 Å². The third-order valence-electron chi connectivity index (χ3n) is 9.03. The van der Waals surface area contributed by atoms with Crippen molar-refractivity contribution >= 4 is 11.8 Å². The summed E-state index contributed by atoms with van der Waals surface area (Å²) < 4.78 is 0. The Bertz CT molecular complexity index is 618. The summed E-state index contributed by atoms with van der Waals surface area (Å²) in [6, 6.07) is 0. The van der Waals surface area contributed by atoms with Crippen LogP contribution in [0.3, 0.4) is 0 Å². The number of aliphatic hydroxyl groups is 2. The van der Waals surface area contributed by atoms with E-state index in [-0.39, 0.29) is 29.1 Å². The molecule has 3 N–H and O–H groups in total. The molecule has 4 aliphatic rings. The molecule has 0 saturated heterocycles. The van der Waals surface area contributed by atoms with Crippen LogP contribution >= 0.6 is 0 Å². The molecule has 0 unspecified atom stereocenters. The first kappa shape index (κ1) is 18.4. The summed E-state index contributed by atoms with van der Waals surface area (Å²) in [7, 11) is 0. The average Bonchev–Trinajstić information content (AvgIpc) is 2.90. The van der Waals surface area contributed by atoms with Gasteiger partial charge in [0.25, 0.3) is 0 Å². The molecule has 0 aromatic rings. The van der Waals surface area contributed by atoms with E-state index in [0.29, 0.717) is 30.6 Å². The summed E-state index contributed by atoms with van der Waals surface area (Å²) in [5.41, 5.74) is -0.419. The standard InChI is InChI=1S/C21H32O5/c1-20-8-7-12(22)9-11(20)3-4-13-14-5-6-15(18(24)19(25)26)21(14,2)10-16(23)17(13)20/h11-15,17-18,22,24H,3-10H2,1-2H3,(H,25,26)/t11-,12-,13+,14+,15-,17-,18+,20+,21+/m1/s1. The fraction of sp³-hybridized carbons (Fsp3) is 0.905. The first-order valence-corrected chi connectivity index (χ1v) is 10.3. The van der Waals surface area contributed by atoms with E-state index in [1.54, 1.807) is 0 Å². The van der Waals surface area contributed by atoms with Gasteiger partial charge in [-0.05, 0) is 73.5 Å². The highest BCUT2D eigenvalue weighted by Crippen LogP contribution is 2.66. The molecule has 5 nitrogen and oxygen atoms in total. The molecule has 0 radical (unpaired) electrons. The Hall–Kier alpha value is -0.940. The Morgan fingerprint density at radius 3 is 2.54 bits per heavy atom. The van der Waals surface area contributed by atoms with E-state index in [4.69, 9.17) is 0 Å². The zero-order chi connectivity index (χ0) is 18.9. The van der Waals surface area contributed by atoms with Crippen molar-refractivity contribution in [1.82, 2.24) is 0 Å². The van der Waals surface area contributed by atoms with E-state index in [1.165, 1.54) is 0 Å². The molecule has 0 heterocycles. The van der Waals surface area contributed by atoms with Crippen LogP contribution in [0.25, 0.3) is 0 Å². The van der Waals surface area contributed by atoms with Gasteiger partial charge in [0, 0.05) is 18.3 Å². The third-order valence-corrected chi connectivity index (χ3v) is 9.03. The first-order valence-electron chi connectivity index (χ1n) is 10.3. The molecule has 5 heteroatoms. The van der Waals surface area contributed by atoms with Crippen molar-refractivity contribution in [2.75, 3.05) is 0 Å². The molecule has 4 saturated carbocycles. The quantitative estimate of drug-likeness (QED) is 0.700. The Kier molecular flexibility index (Phi) is 4.27. The second kappa shape index (κ2) is 6.03. The van der Waals surface area contributed by atoms with E-state index in [0.717, 1.165) is 38.5 Å². The summed E-state index contributed by atoms with van der Waals surface area (Å²) in [4.78, 5) is 24.7. The maximum atomic E-state index is 13.4. The summed E-state index contributed by atoms with van der Waals surface area (Å²) in [5, 5.41) is 29.6. The van der Waals surface area contributed by atoms with Crippen LogP contribution in [0, 0.1) is 40.4 Å². The number of aliphatic carboxylic acids is 1. The second-order valence-corrected chi connectivity index (χ2v) is 10.1. The predicted octanol–water partition coefficient (Wildman–Crippen LogP) is 2.63. The lowest BCUT2D eigenvalue weighted by Gasteiger charge is -2.60. The maximum Gasteiger partial charge on any atom is 0.332 e. The zero-order valence-corrected chi connectivity index (χ0v) is 15.9. The van der Waals surface area contributed by atoms with Gasteiger partial charge in [0.1, 0.15) is 5.78 Å². The minimum atomic E-state index is -1.37. The molecular formula is C21H32O5. The molecule has 0 aromatic heterocycles. The van der Waals surface area contributed by atoms with Gasteiger partial charge in [-0.25, -0.2) is 4.79 Å². The molecule has 4 fully saturated rings. The Balaban J connectivity index is 1.65. The number of hydrogen-bond acceptors (Lipinski definition) is 4. The summed E-state index contributed by atoms with van der Waals surface area (Å²) in [5.74, 6) is -0.105. The monoisotopic (exact) mass is 364 g/mol. The molecule has 4 rings (SSSR count). The van der Waals surface area contributed by atoms with Crippen LogP contribution < -0.4 is 0 Å². The highest BCUT2D eigenvalue weighted by atomic mass is 16.4. The van der Waals surface area contributed by atoms with Gasteiger partial charge in [-0.1, -0.05) is 13.8 Å². The van der Waals surface area contributed by atoms with Crippen LogP contribution in [0.5, 0.6) is 0 Å². The van der Waals surface area contributed by atoms with Gasteiger partial charge in [-0.3, -0.25) is 4.79 Å². The lowest BCUT2D eigenvalue weighted by atomic mass is 9.44. The number of carbonyl (C=O) groups is 2. The fourth-order valence-corrected chi connectivity index (χ4v) is 7.78. The normalized spacial score (nSPS) is 51.9. The van der Waals surface area contributed by atoms with Gasteiger partial charge in [-0.2, -0.15) is 0 Å². The van der Waals surface area contributed by atoms with Crippen molar-refractivity contribution in [2.45, 2.75) is 77.4 Å². The number of Topliss-reactive ketones (excluding diaryl/α,β-unsaturated/α-hetero) is 1. The van der Waals surface area contributed by atoms with Crippen LogP contribution in [0.2, 0.25) is 0 Å². The lowest BCUT2D eigenvalue weighted by molar-refractivity contribution is -0.168. The van der Waals surface area contributed by atoms with Crippen LogP contribution in [-0.2, 0) is 9.59 Å². The van der Waals surface area contributed by atoms with Crippen LogP contribution in [0.15, 0.2) is 0 Å². The second-order valence-electron chi connectivity index (χ2n) is 10.1. The molecule has 9 atom stereocenters. The number of carboxylic acids is 1. The number of ketones is 1. The van der Waals surface area contributed by atoms with Crippen LogP contribution in [0.1, 0.15) is 65.2 Å². The summed E-state index contributed by atoms with van der Waals surface area (Å²) in [6.45, 7) is 4.31. The largest absolute Gasteiger partial charge is 0.479 e. The predicted molar refractivity (Wildman–Crippen MR) is 95.3 cm³/mol. The van der Waals surface area contributed by atoms with E-state index >= 15 is 0 Å². The number of carbonyl (C=O) groups excluding carboxylic acids is 1. The molecule has 0 aliphatic heterocycles. The fourth-order valence-electron chi connectivity index (χ4n) is 7.78. The van der Waals surface area contributed by atoms with Gasteiger partial charge >= 0.3 is 5.97 Å². The molecule has 0 spiro atoms. The number of hydrogen-bond donors (Lipinski definition) is 3. The van der Waals surface area contributed by atoms with Crippen molar-refractivity contribution in [2.24, 2.45) is 40.4 Å². The maximum absolute atomic E-state index is 13.4. The van der Waals surface area contributed by atoms with Gasteiger partial charge in [-0.15, -0.1) is 0 Å². The zero-order valence-electron chi connectivity index (χ0n) is 15.9. The minimum Gasteiger partial charge on any atom is -0.479 e. The number of rotatable bonds is 2. The minimum absolute atomic E-state index is 0.0237. The summed E-state index contributed by atoms with van der Waals surface area (Å²) in [6.07, 6.45) is 4.99. The van der Waals surface area contributed by atoms with Crippen molar-refractivity contribution < 1.29 is 24.9 Å². The van der Waals surface area contributed by atoms with E-state index in [1.807, 2.05) is 0 Å². The Morgan fingerprint density at radius 1 is 1.12 bits per heavy atom. The SMILES string of the molecule is C[C@]12CC[C@@H](O)C[C@H]1CC[C@H]1[C@@H]3CC[C@H]([C@H](O)C(=O)O)[C@@]3(C)CC(=O)[C@@H]12. The first-order chi connectivity index (χ1) is 12.2. The molecule has 0 amide bonds. The molecule has 0 bridgehead atoms. The van der Waals surface area contributed by atoms with Crippen LogP contribution in [0.4, 0.5) is 0 Å². The van der Waals surface area contributed by atoms with E-state index < -0.39 is 17.5 Å². The van der Waals surface area contributed by atoms with Crippen molar-refractivity contribution in [3.8, 4) is 0 Å². The smallest absolute Gasteiger partial charge is 0.332 e. The molecule has 4 aliphatic carbocycles. The summed E-state index contributed by atoms with van der Waals surface area (Å²) >= 11 is 0. The molecular weight excluding hydrogens is 332 g/mol. The van der Waals surface area contributed by atoms with E-state index in [2.05, 4.69) is 13.8 Å². The van der Waals surface area contributed by atoms with Gasteiger partial charge < -0.3 is 15.3 Å². The number of fused-ring (bicyclic) bond motifs is 5. The van der Waals surface area contributed by atoms with Crippen molar-refractivity contribution in [3.05, 3.63) is 0 Å². The third kappa shape index (κ3) is 2.42. The number of carboxylic acid groups (broad SMARTS) is 1.